The predicted molar refractivity (Wildman–Crippen MR) is 132 cm³/mol. The van der Waals surface area contributed by atoms with E-state index in [0.29, 0.717) is 42.6 Å². The van der Waals surface area contributed by atoms with Crippen molar-refractivity contribution in [3.8, 4) is 0 Å². The number of sulfonamides is 1. The van der Waals surface area contributed by atoms with E-state index in [-0.39, 0.29) is 5.91 Å². The highest BCUT2D eigenvalue weighted by atomic mass is 32.2. The summed E-state index contributed by atoms with van der Waals surface area (Å²) in [5.74, 6) is 0.828. The maximum absolute atomic E-state index is 13.1. The number of carbonyl (C=O) groups is 1. The molecule has 0 aliphatic carbocycles. The second kappa shape index (κ2) is 9.80. The second-order valence-electron chi connectivity index (χ2n) is 9.41. The van der Waals surface area contributed by atoms with Crippen molar-refractivity contribution in [3.63, 3.8) is 0 Å². The van der Waals surface area contributed by atoms with E-state index < -0.39 is 10.0 Å². The second-order valence-corrected chi connectivity index (χ2v) is 12.3. The van der Waals surface area contributed by atoms with Crippen LogP contribution in [0.3, 0.4) is 0 Å². The largest absolute Gasteiger partial charge is 0.323 e. The number of nitrogens with zero attached hydrogens (tertiary/aromatic N) is 4. The van der Waals surface area contributed by atoms with Gasteiger partial charge in [-0.3, -0.25) is 4.79 Å². The highest BCUT2D eigenvalue weighted by Gasteiger charge is 2.30. The quantitative estimate of drug-likeness (QED) is 0.548. The fourth-order valence-corrected chi connectivity index (χ4v) is 7.12. The zero-order chi connectivity index (χ0) is 23.8. The Hall–Kier alpha value is -1.84. The molecule has 1 aromatic heterocycles. The number of carbonyl (C=O) groups excluding carboxylic acids is 1. The van der Waals surface area contributed by atoms with Crippen LogP contribution in [0.2, 0.25) is 0 Å². The van der Waals surface area contributed by atoms with E-state index in [4.69, 9.17) is 0 Å². The molecule has 1 fully saturated rings. The number of aryl methyl sites for hydroxylation is 1. The van der Waals surface area contributed by atoms with Gasteiger partial charge in [0.1, 0.15) is 0 Å². The van der Waals surface area contributed by atoms with Gasteiger partial charge in [-0.1, -0.05) is 32.0 Å². The number of hydrogen-bond donors (Lipinski definition) is 0. The first-order valence-corrected chi connectivity index (χ1v) is 14.2. The maximum Gasteiger partial charge on any atom is 0.243 e. The van der Waals surface area contributed by atoms with Crippen LogP contribution in [0.4, 0.5) is 5.69 Å². The lowest BCUT2D eigenvalue weighted by Gasteiger charge is -2.26. The van der Waals surface area contributed by atoms with Crippen LogP contribution < -0.4 is 4.90 Å². The van der Waals surface area contributed by atoms with Crippen LogP contribution >= 0.6 is 11.8 Å². The molecule has 2 aromatic rings. The zero-order valence-corrected chi connectivity index (χ0v) is 21.6. The van der Waals surface area contributed by atoms with Crippen LogP contribution in [-0.4, -0.2) is 53.6 Å². The molecule has 1 amide bonds. The van der Waals surface area contributed by atoms with Crippen LogP contribution in [0.1, 0.15) is 50.1 Å². The van der Waals surface area contributed by atoms with Gasteiger partial charge in [-0.15, -0.1) is 0 Å². The Morgan fingerprint density at radius 3 is 2.55 bits per heavy atom. The molecule has 0 spiro atoms. The van der Waals surface area contributed by atoms with Crippen LogP contribution in [0, 0.1) is 19.8 Å². The van der Waals surface area contributed by atoms with Gasteiger partial charge in [0.2, 0.25) is 15.9 Å². The van der Waals surface area contributed by atoms with Gasteiger partial charge in [0.25, 0.3) is 0 Å². The van der Waals surface area contributed by atoms with E-state index in [0.717, 1.165) is 53.6 Å². The SMILES string of the molecule is Cc1nc(SCC(=O)N2CCc3cc(S(=O)(=O)N4CCCCC4)ccc32)n(CC(C)C)c1C. The van der Waals surface area contributed by atoms with Crippen LogP contribution in [0.5, 0.6) is 0 Å². The van der Waals surface area contributed by atoms with Crippen molar-refractivity contribution in [2.75, 3.05) is 30.3 Å². The minimum atomic E-state index is -3.47. The number of rotatable bonds is 7. The predicted octanol–water partition coefficient (Wildman–Crippen LogP) is 4.01. The first-order chi connectivity index (χ1) is 15.7. The van der Waals surface area contributed by atoms with Gasteiger partial charge in [-0.2, -0.15) is 4.31 Å². The number of aromatic nitrogens is 2. The van der Waals surface area contributed by atoms with Crippen molar-refractivity contribution in [1.82, 2.24) is 13.9 Å². The number of hydrogen-bond acceptors (Lipinski definition) is 5. The Balaban J connectivity index is 1.46. The van der Waals surface area contributed by atoms with Gasteiger partial charge >= 0.3 is 0 Å². The number of piperidine rings is 1. The molecule has 0 saturated carbocycles. The smallest absolute Gasteiger partial charge is 0.243 e. The molecule has 0 atom stereocenters. The Labute approximate surface area is 201 Å². The van der Waals surface area contributed by atoms with Crippen molar-refractivity contribution >= 4 is 33.4 Å². The number of fused-ring (bicyclic) bond motifs is 1. The Bertz CT molecular complexity index is 1130. The maximum atomic E-state index is 13.1. The molecule has 2 aliphatic heterocycles. The lowest BCUT2D eigenvalue weighted by Crippen LogP contribution is -2.35. The van der Waals surface area contributed by atoms with E-state index in [1.165, 1.54) is 11.8 Å². The van der Waals surface area contributed by atoms with Crippen LogP contribution in [0.15, 0.2) is 28.3 Å². The molecule has 0 N–H and O–H groups in total. The summed E-state index contributed by atoms with van der Waals surface area (Å²) < 4.78 is 29.9. The molecule has 180 valence electrons. The molecule has 2 aliphatic rings. The van der Waals surface area contributed by atoms with E-state index in [1.54, 1.807) is 27.4 Å². The van der Waals surface area contributed by atoms with Gasteiger partial charge in [0, 0.05) is 37.6 Å². The van der Waals surface area contributed by atoms with Gasteiger partial charge in [-0.05, 0) is 62.8 Å². The third kappa shape index (κ3) is 5.00. The number of thioether (sulfide) groups is 1. The number of imidazole rings is 1. The van der Waals surface area contributed by atoms with Gasteiger partial charge in [0.15, 0.2) is 5.16 Å². The molecular formula is C24H34N4O3S2. The molecule has 4 rings (SSSR count). The molecule has 1 saturated heterocycles. The van der Waals surface area contributed by atoms with Crippen molar-refractivity contribution in [2.45, 2.75) is 70.0 Å². The molecule has 7 nitrogen and oxygen atoms in total. The van der Waals surface area contributed by atoms with E-state index >= 15 is 0 Å². The molecule has 0 radical (unpaired) electrons. The molecule has 9 heteroatoms. The summed E-state index contributed by atoms with van der Waals surface area (Å²) in [7, 11) is -3.47. The summed E-state index contributed by atoms with van der Waals surface area (Å²) in [6.45, 7) is 11.1. The Morgan fingerprint density at radius 2 is 1.85 bits per heavy atom. The average Bonchev–Trinajstić information content (AvgIpc) is 3.33. The monoisotopic (exact) mass is 490 g/mol. The van der Waals surface area contributed by atoms with Crippen molar-refractivity contribution in [3.05, 3.63) is 35.2 Å². The van der Waals surface area contributed by atoms with E-state index in [1.807, 2.05) is 6.92 Å². The molecule has 0 bridgehead atoms. The van der Waals surface area contributed by atoms with Crippen molar-refractivity contribution < 1.29 is 13.2 Å². The summed E-state index contributed by atoms with van der Waals surface area (Å²) in [5.41, 5.74) is 3.91. The molecule has 1 aromatic carbocycles. The van der Waals surface area contributed by atoms with Gasteiger partial charge in [-0.25, -0.2) is 13.4 Å². The third-order valence-electron chi connectivity index (χ3n) is 6.50. The minimum Gasteiger partial charge on any atom is -0.323 e. The lowest BCUT2D eigenvalue weighted by atomic mass is 10.2. The fourth-order valence-electron chi connectivity index (χ4n) is 4.57. The van der Waals surface area contributed by atoms with Gasteiger partial charge in [0.05, 0.1) is 16.3 Å². The molecule has 0 unspecified atom stereocenters. The summed E-state index contributed by atoms with van der Waals surface area (Å²) in [5, 5.41) is 0.884. The first-order valence-electron chi connectivity index (χ1n) is 11.8. The highest BCUT2D eigenvalue weighted by Crippen LogP contribution is 2.33. The number of anilines is 1. The molecular weight excluding hydrogens is 456 g/mol. The number of benzene rings is 1. The summed E-state index contributed by atoms with van der Waals surface area (Å²) in [4.78, 5) is 19.9. The van der Waals surface area contributed by atoms with E-state index in [9.17, 15) is 13.2 Å². The summed E-state index contributed by atoms with van der Waals surface area (Å²) >= 11 is 1.48. The number of amides is 1. The fraction of sp³-hybridized carbons (Fsp3) is 0.583. The van der Waals surface area contributed by atoms with Gasteiger partial charge < -0.3 is 9.47 Å². The van der Waals surface area contributed by atoms with Crippen molar-refractivity contribution in [1.29, 1.82) is 0 Å². The first kappa shape index (κ1) is 24.3. The third-order valence-corrected chi connectivity index (χ3v) is 9.35. The lowest BCUT2D eigenvalue weighted by molar-refractivity contribution is -0.116. The normalized spacial score (nSPS) is 17.1. The average molecular weight is 491 g/mol. The summed E-state index contributed by atoms with van der Waals surface area (Å²) in [6, 6.07) is 5.22. The topological polar surface area (TPSA) is 75.5 Å². The van der Waals surface area contributed by atoms with Crippen LogP contribution in [-0.2, 0) is 27.8 Å². The Kier molecular flexibility index (Phi) is 7.21. The Morgan fingerprint density at radius 1 is 1.12 bits per heavy atom. The minimum absolute atomic E-state index is 0.0276. The zero-order valence-electron chi connectivity index (χ0n) is 20.0. The van der Waals surface area contributed by atoms with Crippen molar-refractivity contribution in [2.24, 2.45) is 5.92 Å². The molecule has 33 heavy (non-hydrogen) atoms. The highest BCUT2D eigenvalue weighted by molar-refractivity contribution is 7.99. The van der Waals surface area contributed by atoms with E-state index in [2.05, 4.69) is 30.3 Å². The van der Waals surface area contributed by atoms with Crippen LogP contribution in [0.25, 0.3) is 0 Å². The standard InChI is InChI=1S/C24H34N4O3S2/c1-17(2)15-28-19(4)18(3)25-24(28)32-16-23(29)27-13-10-20-14-21(8-9-22(20)27)33(30,31)26-11-6-5-7-12-26/h8-9,14,17H,5-7,10-13,15-16H2,1-4H3. The summed E-state index contributed by atoms with van der Waals surface area (Å²) in [6.07, 6.45) is 3.59. The molecule has 3 heterocycles.